The summed E-state index contributed by atoms with van der Waals surface area (Å²) in [5, 5.41) is 11.8. The molecule has 5 heteroatoms. The summed E-state index contributed by atoms with van der Waals surface area (Å²) < 4.78 is 5.05. The number of carbonyl (C=O) groups excluding carboxylic acids is 1. The summed E-state index contributed by atoms with van der Waals surface area (Å²) in [5.74, 6) is -1.08. The van der Waals surface area contributed by atoms with Gasteiger partial charge >= 0.3 is 5.97 Å². The van der Waals surface area contributed by atoms with Gasteiger partial charge in [-0.2, -0.15) is 0 Å². The second-order valence-electron chi connectivity index (χ2n) is 5.29. The number of rotatable bonds is 7. The Morgan fingerprint density at radius 2 is 1.95 bits per heavy atom. The minimum absolute atomic E-state index is 0.209. The highest BCUT2D eigenvalue weighted by Crippen LogP contribution is 2.19. The van der Waals surface area contributed by atoms with Crippen molar-refractivity contribution in [3.8, 4) is 0 Å². The van der Waals surface area contributed by atoms with Crippen LogP contribution in [0.15, 0.2) is 24.3 Å². The molecule has 0 radical (unpaired) electrons. The summed E-state index contributed by atoms with van der Waals surface area (Å²) in [5.41, 5.74) is 0.520. The lowest BCUT2D eigenvalue weighted by molar-refractivity contribution is -0.147. The van der Waals surface area contributed by atoms with Crippen LogP contribution in [0.25, 0.3) is 0 Å². The Morgan fingerprint density at radius 1 is 1.30 bits per heavy atom. The highest BCUT2D eigenvalue weighted by molar-refractivity contribution is 5.95. The Kier molecular flexibility index (Phi) is 5.70. The van der Waals surface area contributed by atoms with Crippen molar-refractivity contribution >= 4 is 11.9 Å². The van der Waals surface area contributed by atoms with Crippen LogP contribution in [0.4, 0.5) is 0 Å². The molecule has 0 heterocycles. The van der Waals surface area contributed by atoms with Crippen LogP contribution in [-0.4, -0.2) is 30.6 Å². The average Bonchev–Trinajstić information content (AvgIpc) is 2.39. The van der Waals surface area contributed by atoms with E-state index in [-0.39, 0.29) is 5.91 Å². The molecule has 5 nitrogen and oxygen atoms in total. The van der Waals surface area contributed by atoms with Crippen molar-refractivity contribution in [1.82, 2.24) is 5.32 Å². The molecule has 1 amide bonds. The number of carbonyl (C=O) groups is 2. The van der Waals surface area contributed by atoms with Crippen LogP contribution in [0.1, 0.15) is 36.2 Å². The lowest BCUT2D eigenvalue weighted by Crippen LogP contribution is -2.32. The molecule has 1 aromatic carbocycles. The molecule has 1 rings (SSSR count). The lowest BCUT2D eigenvalue weighted by atomic mass is 9.89. The number of ether oxygens (including phenoxy) is 1. The highest BCUT2D eigenvalue weighted by Gasteiger charge is 2.26. The molecule has 0 atom stereocenters. The molecule has 0 saturated heterocycles. The third kappa shape index (κ3) is 4.35. The summed E-state index contributed by atoms with van der Waals surface area (Å²) >= 11 is 0. The first-order valence-electron chi connectivity index (χ1n) is 6.47. The maximum absolute atomic E-state index is 12.1. The zero-order valence-electron chi connectivity index (χ0n) is 12.1. The Balaban J connectivity index is 2.62. The fourth-order valence-corrected chi connectivity index (χ4v) is 1.71. The number of methoxy groups -OCH3 is 1. The van der Waals surface area contributed by atoms with Gasteiger partial charge in [0.05, 0.1) is 12.0 Å². The normalized spacial score (nSPS) is 11.2. The first kappa shape index (κ1) is 16.2. The molecule has 0 aliphatic heterocycles. The number of nitrogens with one attached hydrogen (secondary N) is 1. The van der Waals surface area contributed by atoms with Gasteiger partial charge in [0.15, 0.2) is 0 Å². The zero-order chi connectivity index (χ0) is 15.2. The molecule has 0 fully saturated rings. The van der Waals surface area contributed by atoms with Gasteiger partial charge in [0, 0.05) is 19.2 Å². The number of carboxylic acid groups (broad SMARTS) is 1. The fourth-order valence-electron chi connectivity index (χ4n) is 1.71. The minimum Gasteiger partial charge on any atom is -0.481 e. The molecular weight excluding hydrogens is 258 g/mol. The second kappa shape index (κ2) is 7.05. The third-order valence-corrected chi connectivity index (χ3v) is 3.18. The predicted octanol–water partition coefficient (Wildman–Crippen LogP) is 2.06. The first-order valence-corrected chi connectivity index (χ1v) is 6.47. The minimum atomic E-state index is -0.869. The van der Waals surface area contributed by atoms with E-state index < -0.39 is 11.4 Å². The molecule has 0 bridgehead atoms. The van der Waals surface area contributed by atoms with E-state index >= 15 is 0 Å². The zero-order valence-corrected chi connectivity index (χ0v) is 12.1. The highest BCUT2D eigenvalue weighted by atomic mass is 16.5. The van der Waals surface area contributed by atoms with Gasteiger partial charge in [-0.15, -0.1) is 0 Å². The van der Waals surface area contributed by atoms with Gasteiger partial charge in [-0.05, 0) is 31.9 Å². The van der Waals surface area contributed by atoms with Crippen LogP contribution in [0.5, 0.6) is 0 Å². The summed E-state index contributed by atoms with van der Waals surface area (Å²) in [7, 11) is 1.57. The van der Waals surface area contributed by atoms with Crippen molar-refractivity contribution in [1.29, 1.82) is 0 Å². The van der Waals surface area contributed by atoms with Gasteiger partial charge < -0.3 is 15.2 Å². The monoisotopic (exact) mass is 279 g/mol. The molecule has 0 spiro atoms. The molecule has 1 aromatic rings. The van der Waals surface area contributed by atoms with Crippen LogP contribution in [0, 0.1) is 5.41 Å². The molecule has 2 N–H and O–H groups in total. The summed E-state index contributed by atoms with van der Waals surface area (Å²) in [4.78, 5) is 23.1. The van der Waals surface area contributed by atoms with Gasteiger partial charge in [0.2, 0.25) is 0 Å². The van der Waals surface area contributed by atoms with E-state index in [1.807, 2.05) is 12.1 Å². The second-order valence-corrected chi connectivity index (χ2v) is 5.29. The number of benzene rings is 1. The molecule has 0 saturated carbocycles. The van der Waals surface area contributed by atoms with Crippen molar-refractivity contribution in [2.45, 2.75) is 26.9 Å². The SMILES string of the molecule is COCc1ccccc1C(=O)NCCC(C)(C)C(=O)O. The van der Waals surface area contributed by atoms with Crippen molar-refractivity contribution in [2.24, 2.45) is 5.41 Å². The molecule has 0 aromatic heterocycles. The molecule has 110 valence electrons. The molecule has 0 aliphatic carbocycles. The topological polar surface area (TPSA) is 75.6 Å². The number of aliphatic carboxylic acids is 1. The van der Waals surface area contributed by atoms with E-state index in [4.69, 9.17) is 9.84 Å². The van der Waals surface area contributed by atoms with Crippen LogP contribution in [-0.2, 0) is 16.1 Å². The van der Waals surface area contributed by atoms with Gasteiger partial charge in [0.1, 0.15) is 0 Å². The number of amides is 1. The van der Waals surface area contributed by atoms with Crippen LogP contribution < -0.4 is 5.32 Å². The largest absolute Gasteiger partial charge is 0.481 e. The predicted molar refractivity (Wildman–Crippen MR) is 75.5 cm³/mol. The van der Waals surface area contributed by atoms with Crippen LogP contribution >= 0.6 is 0 Å². The standard InChI is InChI=1S/C15H21NO4/c1-15(2,14(18)19)8-9-16-13(17)12-7-5-4-6-11(12)10-20-3/h4-7H,8-10H2,1-3H3,(H,16,17)(H,18,19). The van der Waals surface area contributed by atoms with Crippen LogP contribution in [0.3, 0.4) is 0 Å². The van der Waals surface area contributed by atoms with E-state index in [2.05, 4.69) is 5.32 Å². The average molecular weight is 279 g/mol. The third-order valence-electron chi connectivity index (χ3n) is 3.18. The number of hydrogen-bond acceptors (Lipinski definition) is 3. The lowest BCUT2D eigenvalue weighted by Gasteiger charge is -2.19. The molecule has 0 unspecified atom stereocenters. The maximum atomic E-state index is 12.1. The first-order chi connectivity index (χ1) is 9.38. The van der Waals surface area contributed by atoms with E-state index in [1.165, 1.54) is 0 Å². The number of carboxylic acids is 1. The van der Waals surface area contributed by atoms with Gasteiger partial charge in [-0.3, -0.25) is 9.59 Å². The smallest absolute Gasteiger partial charge is 0.309 e. The van der Waals surface area contributed by atoms with Crippen molar-refractivity contribution in [3.63, 3.8) is 0 Å². The van der Waals surface area contributed by atoms with E-state index in [0.717, 1.165) is 5.56 Å². The van der Waals surface area contributed by atoms with Crippen molar-refractivity contribution in [2.75, 3.05) is 13.7 Å². The maximum Gasteiger partial charge on any atom is 0.309 e. The Bertz CT molecular complexity index is 483. The van der Waals surface area contributed by atoms with E-state index in [1.54, 1.807) is 33.1 Å². The number of hydrogen-bond donors (Lipinski definition) is 2. The van der Waals surface area contributed by atoms with Gasteiger partial charge in [-0.25, -0.2) is 0 Å². The van der Waals surface area contributed by atoms with Crippen molar-refractivity contribution < 1.29 is 19.4 Å². The fraction of sp³-hybridized carbons (Fsp3) is 0.467. The van der Waals surface area contributed by atoms with E-state index in [9.17, 15) is 9.59 Å². The molecule has 0 aliphatic rings. The summed E-state index contributed by atoms with van der Waals surface area (Å²) in [6, 6.07) is 7.19. The summed E-state index contributed by atoms with van der Waals surface area (Å²) in [6.45, 7) is 3.96. The molecular formula is C15H21NO4. The quantitative estimate of drug-likeness (QED) is 0.801. The Hall–Kier alpha value is -1.88. The van der Waals surface area contributed by atoms with E-state index in [0.29, 0.717) is 25.1 Å². The van der Waals surface area contributed by atoms with Gasteiger partial charge in [-0.1, -0.05) is 18.2 Å². The Morgan fingerprint density at radius 3 is 2.55 bits per heavy atom. The van der Waals surface area contributed by atoms with Crippen molar-refractivity contribution in [3.05, 3.63) is 35.4 Å². The molecule has 20 heavy (non-hydrogen) atoms. The van der Waals surface area contributed by atoms with Crippen LogP contribution in [0.2, 0.25) is 0 Å². The Labute approximate surface area is 118 Å². The summed E-state index contributed by atoms with van der Waals surface area (Å²) in [6.07, 6.45) is 0.376. The van der Waals surface area contributed by atoms with Gasteiger partial charge in [0.25, 0.3) is 5.91 Å².